The molecule has 0 aliphatic carbocycles. The lowest BCUT2D eigenvalue weighted by molar-refractivity contribution is 0.0698. The van der Waals surface area contributed by atoms with Crippen LogP contribution in [0.1, 0.15) is 10.4 Å². The van der Waals surface area contributed by atoms with E-state index in [1.807, 2.05) is 0 Å². The maximum atomic E-state index is 11.2. The Labute approximate surface area is 105 Å². The molecular weight excluding hydrogens is 230 g/mol. The summed E-state index contributed by atoms with van der Waals surface area (Å²) >= 11 is 0. The summed E-state index contributed by atoms with van der Waals surface area (Å²) in [5, 5.41) is 9.17. The number of methoxy groups -OCH3 is 1. The van der Waals surface area contributed by atoms with Crippen LogP contribution in [0, 0.1) is 0 Å². The number of hydrogen-bond donors (Lipinski definition) is 2. The van der Waals surface area contributed by atoms with Gasteiger partial charge in [0.2, 0.25) is 0 Å². The highest BCUT2D eigenvalue weighted by molar-refractivity contribution is 5.99. The van der Waals surface area contributed by atoms with Crippen LogP contribution in [0.4, 0.5) is 5.69 Å². The van der Waals surface area contributed by atoms with Crippen LogP contribution in [0.3, 0.4) is 0 Å². The molecule has 0 heterocycles. The zero-order chi connectivity index (χ0) is 13.1. The van der Waals surface area contributed by atoms with Gasteiger partial charge in [-0.05, 0) is 29.8 Å². The molecule has 0 radical (unpaired) electrons. The first kappa shape index (κ1) is 12.0. The molecule has 0 saturated heterocycles. The van der Waals surface area contributed by atoms with Gasteiger partial charge in [-0.25, -0.2) is 4.79 Å². The number of benzene rings is 2. The van der Waals surface area contributed by atoms with Crippen molar-refractivity contribution < 1.29 is 14.6 Å². The molecule has 92 valence electrons. The third-order valence-corrected chi connectivity index (χ3v) is 2.71. The van der Waals surface area contributed by atoms with Crippen molar-refractivity contribution in [2.75, 3.05) is 12.8 Å². The van der Waals surface area contributed by atoms with Gasteiger partial charge in [0.1, 0.15) is 5.75 Å². The number of ether oxygens (including phenoxy) is 1. The summed E-state index contributed by atoms with van der Waals surface area (Å²) in [6.45, 7) is 0. The van der Waals surface area contributed by atoms with Crippen LogP contribution in [0.25, 0.3) is 11.1 Å². The molecule has 18 heavy (non-hydrogen) atoms. The van der Waals surface area contributed by atoms with E-state index in [1.54, 1.807) is 43.5 Å². The molecule has 2 aromatic rings. The summed E-state index contributed by atoms with van der Waals surface area (Å²) < 4.78 is 5.07. The summed E-state index contributed by atoms with van der Waals surface area (Å²) in [4.78, 5) is 11.2. The van der Waals surface area contributed by atoms with Gasteiger partial charge >= 0.3 is 5.97 Å². The number of carbonyl (C=O) groups is 1. The average molecular weight is 243 g/mol. The van der Waals surface area contributed by atoms with Gasteiger partial charge in [0.05, 0.1) is 12.7 Å². The number of nitrogen functional groups attached to an aromatic ring is 1. The second-order valence-corrected chi connectivity index (χ2v) is 3.80. The van der Waals surface area contributed by atoms with E-state index in [1.165, 1.54) is 6.07 Å². The molecule has 3 N–H and O–H groups in total. The van der Waals surface area contributed by atoms with Crippen LogP contribution < -0.4 is 10.5 Å². The third kappa shape index (κ3) is 2.13. The van der Waals surface area contributed by atoms with Gasteiger partial charge in [0, 0.05) is 11.3 Å². The second kappa shape index (κ2) is 4.79. The predicted molar refractivity (Wildman–Crippen MR) is 69.8 cm³/mol. The average Bonchev–Trinajstić information content (AvgIpc) is 2.38. The van der Waals surface area contributed by atoms with E-state index >= 15 is 0 Å². The van der Waals surface area contributed by atoms with E-state index in [-0.39, 0.29) is 5.56 Å². The van der Waals surface area contributed by atoms with Gasteiger partial charge in [-0.3, -0.25) is 0 Å². The molecule has 0 amide bonds. The fourth-order valence-corrected chi connectivity index (χ4v) is 1.83. The fourth-order valence-electron chi connectivity index (χ4n) is 1.83. The molecule has 0 aliphatic heterocycles. The first-order valence-corrected chi connectivity index (χ1v) is 5.39. The lowest BCUT2D eigenvalue weighted by Gasteiger charge is -2.10. The maximum absolute atomic E-state index is 11.2. The lowest BCUT2D eigenvalue weighted by Crippen LogP contribution is -2.02. The molecule has 2 aromatic carbocycles. The second-order valence-electron chi connectivity index (χ2n) is 3.80. The molecule has 0 aromatic heterocycles. The normalized spacial score (nSPS) is 10.1. The molecular formula is C14H13NO3. The molecule has 0 bridgehead atoms. The summed E-state index contributed by atoms with van der Waals surface area (Å²) in [6, 6.07) is 12.0. The number of aromatic carboxylic acids is 1. The number of carboxylic acids is 1. The molecule has 2 rings (SSSR count). The summed E-state index contributed by atoms with van der Waals surface area (Å²) in [7, 11) is 1.58. The van der Waals surface area contributed by atoms with Crippen molar-refractivity contribution in [3.05, 3.63) is 48.0 Å². The Kier molecular flexibility index (Phi) is 3.19. The van der Waals surface area contributed by atoms with E-state index in [9.17, 15) is 9.90 Å². The van der Waals surface area contributed by atoms with Crippen molar-refractivity contribution in [1.82, 2.24) is 0 Å². The van der Waals surface area contributed by atoms with E-state index in [4.69, 9.17) is 10.5 Å². The SMILES string of the molecule is COc1ccc(-c2c(N)cccc2C(=O)O)cc1. The van der Waals surface area contributed by atoms with Gasteiger partial charge < -0.3 is 15.6 Å². The van der Waals surface area contributed by atoms with Crippen LogP contribution in [0.2, 0.25) is 0 Å². The zero-order valence-electron chi connectivity index (χ0n) is 9.88. The largest absolute Gasteiger partial charge is 0.497 e. The first-order valence-electron chi connectivity index (χ1n) is 5.39. The molecule has 0 aliphatic rings. The standard InChI is InChI=1S/C14H13NO3/c1-18-10-7-5-9(6-8-10)13-11(14(16)17)3-2-4-12(13)15/h2-8H,15H2,1H3,(H,16,17). The van der Waals surface area contributed by atoms with E-state index in [0.29, 0.717) is 17.0 Å². The van der Waals surface area contributed by atoms with Crippen molar-refractivity contribution in [3.8, 4) is 16.9 Å². The van der Waals surface area contributed by atoms with Crippen LogP contribution >= 0.6 is 0 Å². The summed E-state index contributed by atoms with van der Waals surface area (Å²) in [5.74, 6) is -0.279. The minimum Gasteiger partial charge on any atom is -0.497 e. The van der Waals surface area contributed by atoms with E-state index in [0.717, 1.165) is 5.56 Å². The van der Waals surface area contributed by atoms with Crippen LogP contribution in [-0.4, -0.2) is 18.2 Å². The molecule has 4 heteroatoms. The number of anilines is 1. The number of carboxylic acid groups (broad SMARTS) is 1. The Morgan fingerprint density at radius 2 is 1.83 bits per heavy atom. The first-order chi connectivity index (χ1) is 8.63. The van der Waals surface area contributed by atoms with Gasteiger partial charge in [-0.1, -0.05) is 18.2 Å². The number of nitrogens with two attached hydrogens (primary N) is 1. The van der Waals surface area contributed by atoms with Crippen molar-refractivity contribution in [3.63, 3.8) is 0 Å². The van der Waals surface area contributed by atoms with Gasteiger partial charge in [-0.2, -0.15) is 0 Å². The minimum absolute atomic E-state index is 0.195. The fraction of sp³-hybridized carbons (Fsp3) is 0.0714. The Hall–Kier alpha value is -2.49. The topological polar surface area (TPSA) is 72.5 Å². The van der Waals surface area contributed by atoms with Crippen molar-refractivity contribution in [2.24, 2.45) is 0 Å². The maximum Gasteiger partial charge on any atom is 0.336 e. The smallest absolute Gasteiger partial charge is 0.336 e. The zero-order valence-corrected chi connectivity index (χ0v) is 9.88. The van der Waals surface area contributed by atoms with E-state index in [2.05, 4.69) is 0 Å². The minimum atomic E-state index is -0.992. The Morgan fingerprint density at radius 3 is 2.39 bits per heavy atom. The molecule has 0 unspecified atom stereocenters. The van der Waals surface area contributed by atoms with Gasteiger partial charge in [-0.15, -0.1) is 0 Å². The lowest BCUT2D eigenvalue weighted by atomic mass is 9.98. The highest BCUT2D eigenvalue weighted by Crippen LogP contribution is 2.30. The van der Waals surface area contributed by atoms with Crippen LogP contribution in [0.5, 0.6) is 5.75 Å². The summed E-state index contributed by atoms with van der Waals surface area (Å²) in [6.07, 6.45) is 0. The van der Waals surface area contributed by atoms with Crippen LogP contribution in [-0.2, 0) is 0 Å². The summed E-state index contributed by atoms with van der Waals surface area (Å²) in [5.41, 5.74) is 7.80. The molecule has 0 atom stereocenters. The Balaban J connectivity index is 2.58. The van der Waals surface area contributed by atoms with Crippen molar-refractivity contribution in [2.45, 2.75) is 0 Å². The monoisotopic (exact) mass is 243 g/mol. The van der Waals surface area contributed by atoms with Gasteiger partial charge in [0.15, 0.2) is 0 Å². The van der Waals surface area contributed by atoms with E-state index < -0.39 is 5.97 Å². The molecule has 0 saturated carbocycles. The number of rotatable bonds is 3. The highest BCUT2D eigenvalue weighted by Gasteiger charge is 2.14. The number of hydrogen-bond acceptors (Lipinski definition) is 3. The van der Waals surface area contributed by atoms with Crippen molar-refractivity contribution in [1.29, 1.82) is 0 Å². The Bertz CT molecular complexity index is 576. The third-order valence-electron chi connectivity index (χ3n) is 2.71. The molecule has 0 spiro atoms. The Morgan fingerprint density at radius 1 is 1.17 bits per heavy atom. The van der Waals surface area contributed by atoms with Crippen LogP contribution in [0.15, 0.2) is 42.5 Å². The predicted octanol–water partition coefficient (Wildman–Crippen LogP) is 2.64. The molecule has 0 fully saturated rings. The highest BCUT2D eigenvalue weighted by atomic mass is 16.5. The molecule has 4 nitrogen and oxygen atoms in total. The van der Waals surface area contributed by atoms with Gasteiger partial charge in [0.25, 0.3) is 0 Å². The van der Waals surface area contributed by atoms with Crippen molar-refractivity contribution >= 4 is 11.7 Å². The quantitative estimate of drug-likeness (QED) is 0.813.